The minimum absolute atomic E-state index is 0.0273. The summed E-state index contributed by atoms with van der Waals surface area (Å²) >= 11 is 3.24. The number of rotatable bonds is 3. The zero-order valence-electron chi connectivity index (χ0n) is 9.01. The topological polar surface area (TPSA) is 44.9 Å². The fraction of sp³-hybridized carbons (Fsp3) is 0.250. The molecular weight excluding hydrogens is 268 g/mol. The summed E-state index contributed by atoms with van der Waals surface area (Å²) in [6.07, 6.45) is 2.45. The van der Waals surface area contributed by atoms with Crippen molar-refractivity contribution < 1.29 is 4.79 Å². The monoisotopic (exact) mass is 280 g/mol. The molecule has 1 aromatic carbocycles. The highest BCUT2D eigenvalue weighted by Crippen LogP contribution is 2.21. The van der Waals surface area contributed by atoms with Gasteiger partial charge in [0.2, 0.25) is 5.91 Å². The first-order valence-electron chi connectivity index (χ1n) is 5.14. The lowest BCUT2D eigenvalue weighted by molar-refractivity contribution is -0.115. The van der Waals surface area contributed by atoms with Crippen molar-refractivity contribution in [1.29, 1.82) is 0 Å². The van der Waals surface area contributed by atoms with Crippen LogP contribution in [0.3, 0.4) is 0 Å². The average Bonchev–Trinajstić information content (AvgIpc) is 2.60. The number of nitrogens with one attached hydrogen (secondary N) is 2. The molecule has 1 aromatic heterocycles. The van der Waals surface area contributed by atoms with Gasteiger partial charge in [-0.1, -0.05) is 22.0 Å². The van der Waals surface area contributed by atoms with Crippen molar-refractivity contribution >= 4 is 38.4 Å². The van der Waals surface area contributed by atoms with Crippen LogP contribution in [0, 0.1) is 6.92 Å². The molecule has 1 amide bonds. The van der Waals surface area contributed by atoms with Crippen molar-refractivity contribution in [3.63, 3.8) is 0 Å². The van der Waals surface area contributed by atoms with Gasteiger partial charge in [0.05, 0.1) is 0 Å². The zero-order chi connectivity index (χ0) is 11.5. The lowest BCUT2D eigenvalue weighted by Gasteiger charge is -2.04. The molecule has 0 saturated carbocycles. The number of carbonyl (C=O) groups excluding carboxylic acids is 1. The summed E-state index contributed by atoms with van der Waals surface area (Å²) in [6.45, 7) is 2.06. The third kappa shape index (κ3) is 2.27. The highest BCUT2D eigenvalue weighted by atomic mass is 79.9. The second-order valence-corrected chi connectivity index (χ2v) is 4.51. The fourth-order valence-corrected chi connectivity index (χ4v) is 2.02. The molecule has 0 radical (unpaired) electrons. The summed E-state index contributed by atoms with van der Waals surface area (Å²) in [5, 5.41) is 4.73. The molecule has 0 spiro atoms. The molecule has 2 rings (SSSR count). The first-order valence-corrected chi connectivity index (χ1v) is 6.26. The Balaban J connectivity index is 2.23. The summed E-state index contributed by atoms with van der Waals surface area (Å²) in [7, 11) is 0. The van der Waals surface area contributed by atoms with Gasteiger partial charge in [0, 0.05) is 34.5 Å². The SMILES string of the molecule is Cc1c[nH]c2cc(NC(=O)CCBr)ccc12. The van der Waals surface area contributed by atoms with Gasteiger partial charge in [0.1, 0.15) is 0 Å². The van der Waals surface area contributed by atoms with E-state index in [2.05, 4.69) is 33.2 Å². The third-order valence-corrected chi connectivity index (χ3v) is 2.89. The van der Waals surface area contributed by atoms with Gasteiger partial charge in [-0.2, -0.15) is 0 Å². The van der Waals surface area contributed by atoms with E-state index in [0.717, 1.165) is 11.2 Å². The molecule has 16 heavy (non-hydrogen) atoms. The summed E-state index contributed by atoms with van der Waals surface area (Å²) in [6, 6.07) is 5.90. The predicted octanol–water partition coefficient (Wildman–Crippen LogP) is 3.20. The Bertz CT molecular complexity index is 519. The number of carbonyl (C=O) groups is 1. The molecule has 2 aromatic rings. The smallest absolute Gasteiger partial charge is 0.225 e. The van der Waals surface area contributed by atoms with Gasteiger partial charge in [-0.05, 0) is 24.6 Å². The van der Waals surface area contributed by atoms with E-state index in [0.29, 0.717) is 11.8 Å². The number of amides is 1. The molecule has 0 unspecified atom stereocenters. The molecule has 0 fully saturated rings. The van der Waals surface area contributed by atoms with Crippen molar-refractivity contribution in [2.24, 2.45) is 0 Å². The second kappa shape index (κ2) is 4.70. The largest absolute Gasteiger partial charge is 0.361 e. The van der Waals surface area contributed by atoms with E-state index >= 15 is 0 Å². The molecule has 84 valence electrons. The molecule has 0 aliphatic rings. The highest BCUT2D eigenvalue weighted by Gasteiger charge is 2.03. The second-order valence-electron chi connectivity index (χ2n) is 3.72. The average molecular weight is 281 g/mol. The molecule has 0 aliphatic heterocycles. The van der Waals surface area contributed by atoms with Crippen LogP contribution in [-0.2, 0) is 4.79 Å². The Kier molecular flexibility index (Phi) is 3.29. The maximum absolute atomic E-state index is 11.4. The minimum atomic E-state index is 0.0273. The molecule has 0 atom stereocenters. The third-order valence-electron chi connectivity index (χ3n) is 2.49. The Hall–Kier alpha value is -1.29. The number of benzene rings is 1. The number of aromatic nitrogens is 1. The van der Waals surface area contributed by atoms with E-state index in [4.69, 9.17) is 0 Å². The Morgan fingerprint density at radius 2 is 2.31 bits per heavy atom. The quantitative estimate of drug-likeness (QED) is 0.834. The van der Waals surface area contributed by atoms with Gasteiger partial charge < -0.3 is 10.3 Å². The molecule has 3 nitrogen and oxygen atoms in total. The minimum Gasteiger partial charge on any atom is -0.361 e. The van der Waals surface area contributed by atoms with Crippen molar-refractivity contribution in [1.82, 2.24) is 4.98 Å². The highest BCUT2D eigenvalue weighted by molar-refractivity contribution is 9.09. The van der Waals surface area contributed by atoms with Crippen molar-refractivity contribution in [3.8, 4) is 0 Å². The van der Waals surface area contributed by atoms with Gasteiger partial charge in [-0.3, -0.25) is 4.79 Å². The molecule has 1 heterocycles. The first kappa shape index (κ1) is 11.2. The van der Waals surface area contributed by atoms with Crippen LogP contribution in [0.5, 0.6) is 0 Å². The Morgan fingerprint density at radius 3 is 3.06 bits per heavy atom. The molecule has 2 N–H and O–H groups in total. The number of anilines is 1. The number of hydrogen-bond acceptors (Lipinski definition) is 1. The lowest BCUT2D eigenvalue weighted by Crippen LogP contribution is -2.11. The van der Waals surface area contributed by atoms with Gasteiger partial charge in [-0.25, -0.2) is 0 Å². The number of hydrogen-bond donors (Lipinski definition) is 2. The summed E-state index contributed by atoms with van der Waals surface area (Å²) < 4.78 is 0. The zero-order valence-corrected chi connectivity index (χ0v) is 10.6. The van der Waals surface area contributed by atoms with Crippen LogP contribution in [0.4, 0.5) is 5.69 Å². The van der Waals surface area contributed by atoms with Gasteiger partial charge in [0.15, 0.2) is 0 Å². The van der Waals surface area contributed by atoms with E-state index in [1.807, 2.05) is 24.4 Å². The summed E-state index contributed by atoms with van der Waals surface area (Å²) in [4.78, 5) is 14.6. The molecule has 4 heteroatoms. The van der Waals surface area contributed by atoms with Crippen LogP contribution in [0.1, 0.15) is 12.0 Å². The predicted molar refractivity (Wildman–Crippen MR) is 70.1 cm³/mol. The number of aromatic amines is 1. The van der Waals surface area contributed by atoms with E-state index in [-0.39, 0.29) is 5.91 Å². The normalized spacial score (nSPS) is 10.6. The number of H-pyrrole nitrogens is 1. The standard InChI is InChI=1S/C12H13BrN2O/c1-8-7-14-11-6-9(2-3-10(8)11)15-12(16)4-5-13/h2-3,6-7,14H,4-5H2,1H3,(H,15,16). The Labute approximate surface area is 102 Å². The summed E-state index contributed by atoms with van der Waals surface area (Å²) in [5.41, 5.74) is 3.10. The number of halogens is 1. The van der Waals surface area contributed by atoms with E-state index < -0.39 is 0 Å². The molecular formula is C12H13BrN2O. The van der Waals surface area contributed by atoms with Crippen molar-refractivity contribution in [3.05, 3.63) is 30.0 Å². The lowest BCUT2D eigenvalue weighted by atomic mass is 10.2. The van der Waals surface area contributed by atoms with Crippen LogP contribution in [0.15, 0.2) is 24.4 Å². The van der Waals surface area contributed by atoms with E-state index in [1.54, 1.807) is 0 Å². The molecule has 0 aliphatic carbocycles. The van der Waals surface area contributed by atoms with E-state index in [1.165, 1.54) is 10.9 Å². The van der Waals surface area contributed by atoms with Crippen LogP contribution in [0.2, 0.25) is 0 Å². The van der Waals surface area contributed by atoms with Crippen LogP contribution in [-0.4, -0.2) is 16.2 Å². The van der Waals surface area contributed by atoms with E-state index in [9.17, 15) is 4.79 Å². The van der Waals surface area contributed by atoms with Crippen LogP contribution < -0.4 is 5.32 Å². The first-order chi connectivity index (χ1) is 7.70. The molecule has 0 bridgehead atoms. The van der Waals surface area contributed by atoms with Gasteiger partial charge >= 0.3 is 0 Å². The number of aryl methyl sites for hydroxylation is 1. The van der Waals surface area contributed by atoms with Gasteiger partial charge in [0.25, 0.3) is 0 Å². The van der Waals surface area contributed by atoms with Gasteiger partial charge in [-0.15, -0.1) is 0 Å². The number of alkyl halides is 1. The van der Waals surface area contributed by atoms with Crippen LogP contribution in [0.25, 0.3) is 10.9 Å². The van der Waals surface area contributed by atoms with Crippen LogP contribution >= 0.6 is 15.9 Å². The molecule has 0 saturated heterocycles. The maximum atomic E-state index is 11.4. The summed E-state index contributed by atoms with van der Waals surface area (Å²) in [5.74, 6) is 0.0273. The number of fused-ring (bicyclic) bond motifs is 1. The fourth-order valence-electron chi connectivity index (χ4n) is 1.66. The maximum Gasteiger partial charge on any atom is 0.225 e. The Morgan fingerprint density at radius 1 is 1.50 bits per heavy atom. The van der Waals surface area contributed by atoms with Crippen molar-refractivity contribution in [2.45, 2.75) is 13.3 Å². The van der Waals surface area contributed by atoms with Crippen molar-refractivity contribution in [2.75, 3.05) is 10.6 Å².